The molecule has 1 saturated heterocycles. The Morgan fingerprint density at radius 2 is 1.97 bits per heavy atom. The molecule has 0 amide bonds. The Hall–Kier alpha value is -2.75. The lowest BCUT2D eigenvalue weighted by Gasteiger charge is -2.26. The first-order valence-corrected chi connectivity index (χ1v) is 9.95. The molecule has 0 radical (unpaired) electrons. The molecule has 152 valence electrons. The smallest absolute Gasteiger partial charge is 0.271 e. The third-order valence-electron chi connectivity index (χ3n) is 5.49. The fraction of sp³-hybridized carbons (Fsp3) is 0.350. The van der Waals surface area contributed by atoms with E-state index in [-0.39, 0.29) is 11.8 Å². The summed E-state index contributed by atoms with van der Waals surface area (Å²) >= 11 is 5.82. The van der Waals surface area contributed by atoms with Gasteiger partial charge in [-0.1, -0.05) is 12.1 Å². The minimum atomic E-state index is -0.391. The molecule has 9 heteroatoms. The summed E-state index contributed by atoms with van der Waals surface area (Å²) in [4.78, 5) is 12.3. The number of nitrogens with one attached hydrogen (secondary N) is 1. The highest BCUT2D eigenvalue weighted by Crippen LogP contribution is 2.30. The molecule has 1 aromatic heterocycles. The SMILES string of the molecule is COc1ccccc1-n1c(=S)n(C[NH+]2CCC(O)CC2)c2cc([N+](=O)[O-])ccc21. The summed E-state index contributed by atoms with van der Waals surface area (Å²) in [5, 5.41) is 21.1. The number of fused-ring (bicyclic) bond motifs is 1. The van der Waals surface area contributed by atoms with Gasteiger partial charge in [-0.15, -0.1) is 0 Å². The molecule has 0 bridgehead atoms. The van der Waals surface area contributed by atoms with E-state index in [1.165, 1.54) is 11.0 Å². The number of imidazole rings is 1. The van der Waals surface area contributed by atoms with Crippen LogP contribution in [0, 0.1) is 14.9 Å². The predicted octanol–water partition coefficient (Wildman–Crippen LogP) is 2.08. The van der Waals surface area contributed by atoms with E-state index in [0.717, 1.165) is 37.1 Å². The van der Waals surface area contributed by atoms with Crippen LogP contribution in [-0.4, -0.2) is 45.5 Å². The van der Waals surface area contributed by atoms with Crippen molar-refractivity contribution in [3.8, 4) is 11.4 Å². The number of benzene rings is 2. The number of quaternary nitrogens is 1. The van der Waals surface area contributed by atoms with Gasteiger partial charge in [0, 0.05) is 25.0 Å². The first-order chi connectivity index (χ1) is 14.0. The predicted molar refractivity (Wildman–Crippen MR) is 111 cm³/mol. The second-order valence-corrected chi connectivity index (χ2v) is 7.65. The Morgan fingerprint density at radius 3 is 2.66 bits per heavy atom. The summed E-state index contributed by atoms with van der Waals surface area (Å²) in [7, 11) is 1.61. The number of para-hydroxylation sites is 2. The molecule has 1 aliphatic heterocycles. The summed E-state index contributed by atoms with van der Waals surface area (Å²) in [6.45, 7) is 2.25. The van der Waals surface area contributed by atoms with E-state index in [1.54, 1.807) is 19.2 Å². The Balaban J connectivity index is 1.89. The second kappa shape index (κ2) is 7.94. The maximum atomic E-state index is 11.4. The van der Waals surface area contributed by atoms with Gasteiger partial charge >= 0.3 is 0 Å². The van der Waals surface area contributed by atoms with Crippen molar-refractivity contribution in [3.05, 3.63) is 57.3 Å². The Morgan fingerprint density at radius 1 is 1.24 bits per heavy atom. The second-order valence-electron chi connectivity index (χ2n) is 7.29. The number of ether oxygens (including phenoxy) is 1. The van der Waals surface area contributed by atoms with Crippen molar-refractivity contribution in [1.29, 1.82) is 0 Å². The number of aromatic nitrogens is 2. The number of rotatable bonds is 5. The molecule has 8 nitrogen and oxygen atoms in total. The van der Waals surface area contributed by atoms with Crippen LogP contribution in [0.3, 0.4) is 0 Å². The van der Waals surface area contributed by atoms with Crippen LogP contribution in [0.15, 0.2) is 42.5 Å². The number of aliphatic hydroxyl groups is 1. The molecule has 0 unspecified atom stereocenters. The number of nitro benzene ring substituents is 1. The molecule has 2 N–H and O–H groups in total. The van der Waals surface area contributed by atoms with Crippen molar-refractivity contribution in [1.82, 2.24) is 9.13 Å². The van der Waals surface area contributed by atoms with Gasteiger partial charge in [0.15, 0.2) is 11.4 Å². The molecule has 2 heterocycles. The standard InChI is InChI=1S/C20H22N4O4S/c1-28-19-5-3-2-4-17(19)23-16-7-6-14(24(26)27)12-18(16)22(20(23)29)13-21-10-8-15(25)9-11-21/h2-7,12,15,25H,8-11,13H2,1H3/p+1. The third kappa shape index (κ3) is 3.64. The van der Waals surface area contributed by atoms with Gasteiger partial charge in [-0.25, -0.2) is 0 Å². The van der Waals surface area contributed by atoms with Gasteiger partial charge in [0.1, 0.15) is 5.75 Å². The first-order valence-electron chi connectivity index (χ1n) is 9.54. The van der Waals surface area contributed by atoms with Crippen LogP contribution in [-0.2, 0) is 6.67 Å². The molecule has 1 fully saturated rings. The highest BCUT2D eigenvalue weighted by Gasteiger charge is 2.24. The Kier molecular flexibility index (Phi) is 5.35. The molecule has 2 aromatic carbocycles. The van der Waals surface area contributed by atoms with Crippen molar-refractivity contribution in [2.24, 2.45) is 0 Å². The molecule has 1 aliphatic rings. The molecular weight excluding hydrogens is 392 g/mol. The zero-order valence-electron chi connectivity index (χ0n) is 16.1. The van der Waals surface area contributed by atoms with Gasteiger partial charge in [-0.2, -0.15) is 0 Å². The normalized spacial score (nSPS) is 19.4. The van der Waals surface area contributed by atoms with Gasteiger partial charge in [0.25, 0.3) is 5.69 Å². The molecule has 0 aliphatic carbocycles. The zero-order chi connectivity index (χ0) is 20.5. The summed E-state index contributed by atoms with van der Waals surface area (Å²) in [6, 6.07) is 12.4. The van der Waals surface area contributed by atoms with E-state index in [0.29, 0.717) is 22.7 Å². The first kappa shape index (κ1) is 19.6. The molecular formula is C20H23N4O4S+. The van der Waals surface area contributed by atoms with Gasteiger partial charge < -0.3 is 14.7 Å². The number of non-ortho nitro benzene ring substituents is 1. The fourth-order valence-electron chi connectivity index (χ4n) is 3.95. The topological polar surface area (TPSA) is 86.9 Å². The minimum Gasteiger partial charge on any atom is -0.495 e. The van der Waals surface area contributed by atoms with E-state index >= 15 is 0 Å². The van der Waals surface area contributed by atoms with Crippen molar-refractivity contribution < 1.29 is 19.7 Å². The molecule has 29 heavy (non-hydrogen) atoms. The number of methoxy groups -OCH3 is 1. The number of nitro groups is 1. The molecule has 4 rings (SSSR count). The lowest BCUT2D eigenvalue weighted by atomic mass is 10.1. The third-order valence-corrected chi connectivity index (χ3v) is 5.90. The number of likely N-dealkylation sites (tertiary alicyclic amines) is 1. The van der Waals surface area contributed by atoms with Crippen LogP contribution in [0.2, 0.25) is 0 Å². The highest BCUT2D eigenvalue weighted by molar-refractivity contribution is 7.71. The average molecular weight is 415 g/mol. The number of piperidine rings is 1. The number of aliphatic hydroxyl groups excluding tert-OH is 1. The summed E-state index contributed by atoms with van der Waals surface area (Å²) in [5.41, 5.74) is 2.33. The van der Waals surface area contributed by atoms with Gasteiger partial charge in [-0.3, -0.25) is 19.2 Å². The van der Waals surface area contributed by atoms with Crippen molar-refractivity contribution in [2.75, 3.05) is 20.2 Å². The molecule has 3 aromatic rings. The van der Waals surface area contributed by atoms with Gasteiger partial charge in [-0.05, 0) is 30.4 Å². The van der Waals surface area contributed by atoms with Crippen LogP contribution < -0.4 is 9.64 Å². The summed E-state index contributed by atoms with van der Waals surface area (Å²) in [5.74, 6) is 0.675. The van der Waals surface area contributed by atoms with Crippen LogP contribution in [0.5, 0.6) is 5.75 Å². The lowest BCUT2D eigenvalue weighted by molar-refractivity contribution is -0.928. The van der Waals surface area contributed by atoms with E-state index in [9.17, 15) is 15.2 Å². The number of hydrogen-bond acceptors (Lipinski definition) is 5. The van der Waals surface area contributed by atoms with E-state index in [2.05, 4.69) is 0 Å². The van der Waals surface area contributed by atoms with Crippen LogP contribution >= 0.6 is 12.2 Å². The molecule has 0 spiro atoms. The van der Waals surface area contributed by atoms with Crippen molar-refractivity contribution >= 4 is 28.9 Å². The fourth-order valence-corrected chi connectivity index (χ4v) is 4.31. The molecule has 0 atom stereocenters. The number of hydrogen-bond donors (Lipinski definition) is 2. The van der Waals surface area contributed by atoms with Gasteiger partial charge in [0.2, 0.25) is 0 Å². The van der Waals surface area contributed by atoms with Crippen LogP contribution in [0.25, 0.3) is 16.7 Å². The largest absolute Gasteiger partial charge is 0.495 e. The quantitative estimate of drug-likeness (QED) is 0.379. The Bertz CT molecular complexity index is 1120. The minimum absolute atomic E-state index is 0.0301. The van der Waals surface area contributed by atoms with Crippen molar-refractivity contribution in [3.63, 3.8) is 0 Å². The van der Waals surface area contributed by atoms with E-state index in [4.69, 9.17) is 17.0 Å². The van der Waals surface area contributed by atoms with Gasteiger partial charge in [0.05, 0.1) is 47.9 Å². The van der Waals surface area contributed by atoms with Crippen LogP contribution in [0.4, 0.5) is 5.69 Å². The summed E-state index contributed by atoms with van der Waals surface area (Å²) < 4.78 is 9.94. The molecule has 0 saturated carbocycles. The average Bonchev–Trinajstić information content (AvgIpc) is 3.00. The van der Waals surface area contributed by atoms with E-state index in [1.807, 2.05) is 33.4 Å². The lowest BCUT2D eigenvalue weighted by Crippen LogP contribution is -3.12. The maximum absolute atomic E-state index is 11.4. The number of nitrogens with zero attached hydrogens (tertiary/aromatic N) is 3. The Labute approximate surface area is 172 Å². The van der Waals surface area contributed by atoms with E-state index < -0.39 is 4.92 Å². The maximum Gasteiger partial charge on any atom is 0.271 e. The highest BCUT2D eigenvalue weighted by atomic mass is 32.1. The monoisotopic (exact) mass is 415 g/mol. The zero-order valence-corrected chi connectivity index (χ0v) is 16.9. The summed E-state index contributed by atoms with van der Waals surface area (Å²) in [6.07, 6.45) is 1.24. The van der Waals surface area contributed by atoms with Crippen LogP contribution in [0.1, 0.15) is 12.8 Å². The van der Waals surface area contributed by atoms with Crippen molar-refractivity contribution in [2.45, 2.75) is 25.6 Å².